The van der Waals surface area contributed by atoms with Crippen LogP contribution in [0.4, 0.5) is 0 Å². The van der Waals surface area contributed by atoms with Crippen LogP contribution >= 0.6 is 0 Å². The molecule has 0 aliphatic carbocycles. The second-order valence-electron chi connectivity index (χ2n) is 8.35. The highest BCUT2D eigenvalue weighted by atomic mass is 16.3. The Labute approximate surface area is 186 Å². The van der Waals surface area contributed by atoms with E-state index >= 15 is 0 Å². The number of hydrogen-bond acceptors (Lipinski definition) is 4. The first-order valence-corrected chi connectivity index (χ1v) is 10.9. The minimum Gasteiger partial charge on any atom is -0.456 e. The molecule has 0 aliphatic rings. The molecule has 0 spiro atoms. The van der Waals surface area contributed by atoms with Gasteiger partial charge in [0.05, 0.1) is 5.39 Å². The SMILES string of the molecule is c1cncc(-c2cc3oc4ccc5oc6ccccc6c5c4c3c3oc4ccccc4c23)c1. The summed E-state index contributed by atoms with van der Waals surface area (Å²) in [5.74, 6) is 0. The van der Waals surface area contributed by atoms with Crippen LogP contribution in [0.5, 0.6) is 0 Å². The van der Waals surface area contributed by atoms with E-state index in [0.717, 1.165) is 76.9 Å². The molecule has 4 aromatic carbocycles. The molecule has 0 amide bonds. The summed E-state index contributed by atoms with van der Waals surface area (Å²) in [7, 11) is 0. The zero-order valence-electron chi connectivity index (χ0n) is 17.3. The molecular formula is C29H15NO3. The maximum Gasteiger partial charge on any atom is 0.147 e. The van der Waals surface area contributed by atoms with E-state index in [1.54, 1.807) is 6.20 Å². The van der Waals surface area contributed by atoms with Crippen LogP contribution in [0, 0.1) is 0 Å². The van der Waals surface area contributed by atoms with Crippen LogP contribution in [-0.2, 0) is 0 Å². The van der Waals surface area contributed by atoms with Gasteiger partial charge in [-0.3, -0.25) is 4.98 Å². The van der Waals surface area contributed by atoms with E-state index in [4.69, 9.17) is 13.3 Å². The van der Waals surface area contributed by atoms with E-state index in [0.29, 0.717) is 0 Å². The average molecular weight is 425 g/mol. The molecular weight excluding hydrogens is 410 g/mol. The third-order valence-corrected chi connectivity index (χ3v) is 6.56. The topological polar surface area (TPSA) is 52.3 Å². The van der Waals surface area contributed by atoms with Crippen molar-refractivity contribution < 1.29 is 13.3 Å². The number of para-hydroxylation sites is 2. The van der Waals surface area contributed by atoms with Crippen LogP contribution in [0.15, 0.2) is 105 Å². The zero-order valence-corrected chi connectivity index (χ0v) is 17.3. The molecule has 8 aromatic rings. The molecule has 0 aliphatic heterocycles. The summed E-state index contributed by atoms with van der Waals surface area (Å²) in [5, 5.41) is 6.26. The highest BCUT2D eigenvalue weighted by Gasteiger charge is 2.23. The predicted molar refractivity (Wildman–Crippen MR) is 132 cm³/mol. The highest BCUT2D eigenvalue weighted by Crippen LogP contribution is 2.47. The highest BCUT2D eigenvalue weighted by molar-refractivity contribution is 6.33. The van der Waals surface area contributed by atoms with Crippen LogP contribution in [0.25, 0.3) is 76.9 Å². The third-order valence-electron chi connectivity index (χ3n) is 6.56. The summed E-state index contributed by atoms with van der Waals surface area (Å²) in [6.45, 7) is 0. The van der Waals surface area contributed by atoms with E-state index < -0.39 is 0 Å². The predicted octanol–water partition coefficient (Wildman–Crippen LogP) is 8.45. The number of aromatic nitrogens is 1. The average Bonchev–Trinajstić information content (AvgIpc) is 3.54. The van der Waals surface area contributed by atoms with Gasteiger partial charge in [-0.15, -0.1) is 0 Å². The molecule has 0 saturated carbocycles. The molecule has 154 valence electrons. The van der Waals surface area contributed by atoms with Crippen molar-refractivity contribution in [2.75, 3.05) is 0 Å². The van der Waals surface area contributed by atoms with Gasteiger partial charge in [0.15, 0.2) is 0 Å². The first-order valence-electron chi connectivity index (χ1n) is 10.9. The molecule has 4 heterocycles. The van der Waals surface area contributed by atoms with Gasteiger partial charge in [0.25, 0.3) is 0 Å². The van der Waals surface area contributed by atoms with Crippen molar-refractivity contribution in [1.82, 2.24) is 4.98 Å². The fourth-order valence-electron chi connectivity index (χ4n) is 5.19. The molecule has 8 rings (SSSR count). The van der Waals surface area contributed by atoms with Gasteiger partial charge in [-0.2, -0.15) is 0 Å². The lowest BCUT2D eigenvalue weighted by molar-refractivity contribution is 0.660. The van der Waals surface area contributed by atoms with Crippen molar-refractivity contribution in [2.24, 2.45) is 0 Å². The molecule has 4 nitrogen and oxygen atoms in total. The Morgan fingerprint density at radius 2 is 1.21 bits per heavy atom. The number of benzene rings is 4. The minimum absolute atomic E-state index is 0.785. The minimum atomic E-state index is 0.785. The lowest BCUT2D eigenvalue weighted by Crippen LogP contribution is -1.82. The summed E-state index contributed by atoms with van der Waals surface area (Å²) in [6.07, 6.45) is 3.67. The van der Waals surface area contributed by atoms with Crippen LogP contribution < -0.4 is 0 Å². The quantitative estimate of drug-likeness (QED) is 0.265. The summed E-state index contributed by atoms with van der Waals surface area (Å²) >= 11 is 0. The fraction of sp³-hybridized carbons (Fsp3) is 0. The van der Waals surface area contributed by atoms with Gasteiger partial charge in [0, 0.05) is 44.9 Å². The van der Waals surface area contributed by atoms with Crippen molar-refractivity contribution >= 4 is 65.8 Å². The largest absolute Gasteiger partial charge is 0.456 e. The molecule has 4 aromatic heterocycles. The normalized spacial score (nSPS) is 12.2. The Kier molecular flexibility index (Phi) is 3.11. The second-order valence-corrected chi connectivity index (χ2v) is 8.35. The lowest BCUT2D eigenvalue weighted by atomic mass is 9.97. The van der Waals surface area contributed by atoms with Crippen molar-refractivity contribution in [1.29, 1.82) is 0 Å². The van der Waals surface area contributed by atoms with Crippen molar-refractivity contribution in [3.8, 4) is 11.1 Å². The van der Waals surface area contributed by atoms with Gasteiger partial charge in [-0.25, -0.2) is 0 Å². The first kappa shape index (κ1) is 17.0. The van der Waals surface area contributed by atoms with Crippen molar-refractivity contribution in [3.05, 3.63) is 91.3 Å². The summed E-state index contributed by atoms with van der Waals surface area (Å²) in [5.41, 5.74) is 7.04. The van der Waals surface area contributed by atoms with Gasteiger partial charge in [0.1, 0.15) is 33.5 Å². The summed E-state index contributed by atoms with van der Waals surface area (Å²) < 4.78 is 19.1. The Balaban J connectivity index is 1.68. The second kappa shape index (κ2) is 6.02. The van der Waals surface area contributed by atoms with E-state index in [9.17, 15) is 0 Å². The molecule has 0 radical (unpaired) electrons. The number of rotatable bonds is 1. The molecule has 0 atom stereocenters. The molecule has 0 unspecified atom stereocenters. The summed E-state index contributed by atoms with van der Waals surface area (Å²) in [4.78, 5) is 4.35. The lowest BCUT2D eigenvalue weighted by Gasteiger charge is -2.04. The Bertz CT molecular complexity index is 2020. The van der Waals surface area contributed by atoms with Crippen LogP contribution in [0.3, 0.4) is 0 Å². The molecule has 0 fully saturated rings. The van der Waals surface area contributed by atoms with E-state index in [1.165, 1.54) is 0 Å². The Hall–Kier alpha value is -4.57. The smallest absolute Gasteiger partial charge is 0.147 e. The number of pyridine rings is 1. The van der Waals surface area contributed by atoms with Crippen LogP contribution in [0.2, 0.25) is 0 Å². The van der Waals surface area contributed by atoms with Crippen LogP contribution in [-0.4, -0.2) is 4.98 Å². The third kappa shape index (κ3) is 2.17. The van der Waals surface area contributed by atoms with E-state index in [-0.39, 0.29) is 0 Å². The maximum atomic E-state index is 6.52. The fourth-order valence-corrected chi connectivity index (χ4v) is 5.19. The zero-order chi connectivity index (χ0) is 21.5. The standard InChI is InChI=1S/C29H15NO3/c1-4-10-21-17(7-1)25-19(16-6-5-13-30-15-16)14-24-28(29(25)33-21)27-23(32-24)12-11-22-26(27)18-8-2-3-9-20(18)31-22/h1-15H. The van der Waals surface area contributed by atoms with Gasteiger partial charge >= 0.3 is 0 Å². The number of furan rings is 3. The number of fused-ring (bicyclic) bond motifs is 11. The molecule has 0 saturated heterocycles. The number of nitrogens with zero attached hydrogens (tertiary/aromatic N) is 1. The molecule has 0 bridgehead atoms. The van der Waals surface area contributed by atoms with Crippen molar-refractivity contribution in [3.63, 3.8) is 0 Å². The van der Waals surface area contributed by atoms with Gasteiger partial charge < -0.3 is 13.3 Å². The van der Waals surface area contributed by atoms with Gasteiger partial charge in [0.2, 0.25) is 0 Å². The Morgan fingerprint density at radius 1 is 0.515 bits per heavy atom. The summed E-state index contributed by atoms with van der Waals surface area (Å²) in [6, 6.07) is 26.4. The maximum absolute atomic E-state index is 6.52. The Morgan fingerprint density at radius 3 is 2.00 bits per heavy atom. The molecule has 4 heteroatoms. The molecule has 33 heavy (non-hydrogen) atoms. The van der Waals surface area contributed by atoms with E-state index in [1.807, 2.05) is 60.8 Å². The van der Waals surface area contributed by atoms with Crippen LogP contribution in [0.1, 0.15) is 0 Å². The van der Waals surface area contributed by atoms with Crippen molar-refractivity contribution in [2.45, 2.75) is 0 Å². The molecule has 0 N–H and O–H groups in total. The van der Waals surface area contributed by atoms with Gasteiger partial charge in [-0.1, -0.05) is 42.5 Å². The van der Waals surface area contributed by atoms with E-state index in [2.05, 4.69) is 29.2 Å². The van der Waals surface area contributed by atoms with Gasteiger partial charge in [-0.05, 0) is 42.0 Å². The first-order chi connectivity index (χ1) is 16.4. The number of hydrogen-bond donors (Lipinski definition) is 0. The monoisotopic (exact) mass is 425 g/mol.